The van der Waals surface area contributed by atoms with E-state index in [4.69, 9.17) is 4.74 Å². The molecule has 2 aromatic carbocycles. The fraction of sp³-hybridized carbons (Fsp3) is 0.158. The third-order valence-corrected chi connectivity index (χ3v) is 3.85. The zero-order valence-corrected chi connectivity index (χ0v) is 15.5. The minimum Gasteiger partial charge on any atom is -0.457 e. The number of halogens is 3. The van der Waals surface area contributed by atoms with Crippen LogP contribution in [0.2, 0.25) is 0 Å². The minimum absolute atomic E-state index is 0.0556. The summed E-state index contributed by atoms with van der Waals surface area (Å²) in [5, 5.41) is 17.7. The summed E-state index contributed by atoms with van der Waals surface area (Å²) >= 11 is 0. The number of hydrogen-bond acceptors (Lipinski definition) is 5. The molecule has 0 atom stereocenters. The normalized spacial score (nSPS) is 11.2. The fourth-order valence-corrected chi connectivity index (χ4v) is 2.59. The Morgan fingerprint density at radius 3 is 2.63 bits per heavy atom. The summed E-state index contributed by atoms with van der Waals surface area (Å²) in [6.45, 7) is 1.68. The molecule has 0 aliphatic rings. The number of hydrogen-bond donors (Lipinski definition) is 1. The summed E-state index contributed by atoms with van der Waals surface area (Å²) in [6, 6.07) is 7.54. The molecule has 1 N–H and O–H groups in total. The second kappa shape index (κ2) is 8.23. The van der Waals surface area contributed by atoms with Gasteiger partial charge in [0, 0.05) is 18.3 Å². The van der Waals surface area contributed by atoms with E-state index in [0.29, 0.717) is 0 Å². The molecule has 0 spiro atoms. The van der Waals surface area contributed by atoms with E-state index in [1.807, 2.05) is 0 Å². The van der Waals surface area contributed by atoms with Gasteiger partial charge in [-0.3, -0.25) is 19.6 Å². The molecule has 3 rings (SSSR count). The van der Waals surface area contributed by atoms with E-state index in [1.54, 1.807) is 19.3 Å². The van der Waals surface area contributed by atoms with Crippen molar-refractivity contribution in [2.24, 2.45) is 0 Å². The van der Waals surface area contributed by atoms with Gasteiger partial charge in [-0.15, -0.1) is 0 Å². The minimum atomic E-state index is -4.56. The van der Waals surface area contributed by atoms with Gasteiger partial charge in [0.15, 0.2) is 0 Å². The molecule has 1 heterocycles. The Hall–Kier alpha value is -3.89. The Kier molecular flexibility index (Phi) is 5.72. The molecule has 0 fully saturated rings. The molecule has 11 heteroatoms. The number of nitro benzene ring substituents is 1. The van der Waals surface area contributed by atoms with Gasteiger partial charge >= 0.3 is 6.18 Å². The van der Waals surface area contributed by atoms with Crippen LogP contribution < -0.4 is 10.1 Å². The van der Waals surface area contributed by atoms with Gasteiger partial charge < -0.3 is 10.1 Å². The standard InChI is InChI=1S/C19H15F3N4O4/c1-12-9-23-25(10-12)11-18(27)24-14-6-15(26(28)29)8-17(7-14)30-16-4-2-3-13(5-16)19(20,21)22/h2-10H,11H2,1H3,(H,24,27). The predicted molar refractivity (Wildman–Crippen MR) is 100 cm³/mol. The molecule has 8 nitrogen and oxygen atoms in total. The molecule has 0 aliphatic carbocycles. The Morgan fingerprint density at radius 1 is 1.23 bits per heavy atom. The number of amides is 1. The van der Waals surface area contributed by atoms with Crippen molar-refractivity contribution < 1.29 is 27.6 Å². The van der Waals surface area contributed by atoms with Crippen molar-refractivity contribution in [3.63, 3.8) is 0 Å². The zero-order chi connectivity index (χ0) is 21.9. The van der Waals surface area contributed by atoms with E-state index in [-0.39, 0.29) is 23.7 Å². The maximum absolute atomic E-state index is 12.9. The maximum atomic E-state index is 12.9. The van der Waals surface area contributed by atoms with Crippen molar-refractivity contribution in [2.45, 2.75) is 19.6 Å². The van der Waals surface area contributed by atoms with Crippen LogP contribution in [0, 0.1) is 17.0 Å². The van der Waals surface area contributed by atoms with Crippen LogP contribution in [0.3, 0.4) is 0 Å². The molecular weight excluding hydrogens is 405 g/mol. The SMILES string of the molecule is Cc1cnn(CC(=O)Nc2cc(Oc3cccc(C(F)(F)F)c3)cc([N+](=O)[O-])c2)c1. The number of aromatic nitrogens is 2. The van der Waals surface area contributed by atoms with Gasteiger partial charge in [-0.25, -0.2) is 0 Å². The lowest BCUT2D eigenvalue weighted by Crippen LogP contribution is -2.19. The van der Waals surface area contributed by atoms with Crippen LogP contribution in [-0.4, -0.2) is 20.6 Å². The Morgan fingerprint density at radius 2 is 2.00 bits per heavy atom. The van der Waals surface area contributed by atoms with Crippen molar-refractivity contribution in [3.05, 3.63) is 76.1 Å². The number of ether oxygens (including phenoxy) is 1. The summed E-state index contributed by atoms with van der Waals surface area (Å²) in [5.74, 6) is -0.757. The van der Waals surface area contributed by atoms with E-state index in [9.17, 15) is 28.1 Å². The van der Waals surface area contributed by atoms with E-state index < -0.39 is 28.3 Å². The monoisotopic (exact) mass is 420 g/mol. The van der Waals surface area contributed by atoms with Gasteiger partial charge in [-0.2, -0.15) is 18.3 Å². The van der Waals surface area contributed by atoms with Crippen LogP contribution in [0.1, 0.15) is 11.1 Å². The number of non-ortho nitro benzene ring substituents is 1. The zero-order valence-electron chi connectivity index (χ0n) is 15.5. The lowest BCUT2D eigenvalue weighted by molar-refractivity contribution is -0.384. The fourth-order valence-electron chi connectivity index (χ4n) is 2.59. The molecule has 0 saturated carbocycles. The summed E-state index contributed by atoms with van der Waals surface area (Å²) in [6.07, 6.45) is -1.34. The number of anilines is 1. The summed E-state index contributed by atoms with van der Waals surface area (Å²) in [4.78, 5) is 22.7. The third kappa shape index (κ3) is 5.34. The molecule has 0 unspecified atom stereocenters. The van der Waals surface area contributed by atoms with Gasteiger partial charge in [-0.05, 0) is 30.7 Å². The smallest absolute Gasteiger partial charge is 0.416 e. The molecule has 0 bridgehead atoms. The molecule has 1 aromatic heterocycles. The predicted octanol–water partition coefficient (Wildman–Crippen LogP) is 4.55. The van der Waals surface area contributed by atoms with E-state index in [1.165, 1.54) is 16.8 Å². The largest absolute Gasteiger partial charge is 0.457 e. The van der Waals surface area contributed by atoms with Crippen LogP contribution >= 0.6 is 0 Å². The highest BCUT2D eigenvalue weighted by molar-refractivity contribution is 5.91. The average molecular weight is 420 g/mol. The number of benzene rings is 2. The molecule has 0 saturated heterocycles. The first-order chi connectivity index (χ1) is 14.1. The van der Waals surface area contributed by atoms with Crippen molar-refractivity contribution in [3.8, 4) is 11.5 Å². The van der Waals surface area contributed by atoms with Gasteiger partial charge in [0.25, 0.3) is 5.69 Å². The van der Waals surface area contributed by atoms with Crippen LogP contribution in [0.15, 0.2) is 54.9 Å². The van der Waals surface area contributed by atoms with Crippen LogP contribution in [0.5, 0.6) is 11.5 Å². The summed E-state index contributed by atoms with van der Waals surface area (Å²) in [5.41, 5.74) is -0.409. The van der Waals surface area contributed by atoms with Gasteiger partial charge in [-0.1, -0.05) is 6.07 Å². The van der Waals surface area contributed by atoms with Gasteiger partial charge in [0.05, 0.1) is 28.4 Å². The number of aryl methyl sites for hydroxylation is 1. The van der Waals surface area contributed by atoms with Gasteiger partial charge in [0.2, 0.25) is 5.91 Å². The highest BCUT2D eigenvalue weighted by Gasteiger charge is 2.30. The number of nitrogens with one attached hydrogen (secondary N) is 1. The number of nitro groups is 1. The number of rotatable bonds is 6. The number of alkyl halides is 3. The Bertz CT molecular complexity index is 1100. The maximum Gasteiger partial charge on any atom is 0.416 e. The molecule has 3 aromatic rings. The molecule has 1 amide bonds. The molecular formula is C19H15F3N4O4. The second-order valence-corrected chi connectivity index (χ2v) is 6.36. The van der Waals surface area contributed by atoms with Crippen molar-refractivity contribution in [1.29, 1.82) is 0 Å². The molecule has 156 valence electrons. The second-order valence-electron chi connectivity index (χ2n) is 6.36. The average Bonchev–Trinajstić information content (AvgIpc) is 3.05. The van der Waals surface area contributed by atoms with Gasteiger partial charge in [0.1, 0.15) is 18.0 Å². The first kappa shape index (κ1) is 20.8. The van der Waals surface area contributed by atoms with Crippen LogP contribution in [0.4, 0.5) is 24.5 Å². The van der Waals surface area contributed by atoms with Crippen molar-refractivity contribution in [1.82, 2.24) is 9.78 Å². The summed E-state index contributed by atoms with van der Waals surface area (Å²) in [7, 11) is 0. The number of carbonyl (C=O) groups is 1. The summed E-state index contributed by atoms with van der Waals surface area (Å²) < 4.78 is 45.4. The topological polar surface area (TPSA) is 99.3 Å². The van der Waals surface area contributed by atoms with Crippen LogP contribution in [0.25, 0.3) is 0 Å². The lowest BCUT2D eigenvalue weighted by atomic mass is 10.2. The van der Waals surface area contributed by atoms with Crippen LogP contribution in [-0.2, 0) is 17.5 Å². The Balaban J connectivity index is 1.82. The molecule has 0 radical (unpaired) electrons. The first-order valence-corrected chi connectivity index (χ1v) is 8.54. The Labute approximate surface area is 168 Å². The molecule has 0 aliphatic heterocycles. The highest BCUT2D eigenvalue weighted by Crippen LogP contribution is 2.34. The lowest BCUT2D eigenvalue weighted by Gasteiger charge is -2.11. The quantitative estimate of drug-likeness (QED) is 0.466. The van der Waals surface area contributed by atoms with E-state index in [0.717, 1.165) is 35.9 Å². The van der Waals surface area contributed by atoms with E-state index >= 15 is 0 Å². The van der Waals surface area contributed by atoms with E-state index in [2.05, 4.69) is 10.4 Å². The molecule has 30 heavy (non-hydrogen) atoms. The van der Waals surface area contributed by atoms with Crippen molar-refractivity contribution >= 4 is 17.3 Å². The highest BCUT2D eigenvalue weighted by atomic mass is 19.4. The number of nitrogens with zero attached hydrogens (tertiary/aromatic N) is 3. The van der Waals surface area contributed by atoms with Crippen molar-refractivity contribution in [2.75, 3.05) is 5.32 Å². The first-order valence-electron chi connectivity index (χ1n) is 8.54. The third-order valence-electron chi connectivity index (χ3n) is 3.85. The number of carbonyl (C=O) groups excluding carboxylic acids is 1.